The third-order valence-electron chi connectivity index (χ3n) is 5.28. The number of hydrogen-bond donors (Lipinski definition) is 3. The molecular weight excluding hydrogens is 328 g/mol. The van der Waals surface area contributed by atoms with E-state index in [0.29, 0.717) is 13.1 Å². The summed E-state index contributed by atoms with van der Waals surface area (Å²) in [5.41, 5.74) is 5.77. The molecule has 0 saturated carbocycles. The van der Waals surface area contributed by atoms with Gasteiger partial charge in [-0.1, -0.05) is 0 Å². The number of piperidine rings is 1. The van der Waals surface area contributed by atoms with Crippen molar-refractivity contribution in [1.29, 1.82) is 0 Å². The Balaban J connectivity index is 1.57. The Hall–Kier alpha value is -0.830. The summed E-state index contributed by atoms with van der Waals surface area (Å²) < 4.78 is 0. The molecule has 136 valence electrons. The van der Waals surface area contributed by atoms with E-state index in [2.05, 4.69) is 5.32 Å². The van der Waals surface area contributed by atoms with Gasteiger partial charge < -0.3 is 20.6 Å². The number of aliphatic hydroxyl groups is 1. The predicted octanol–water partition coefficient (Wildman–Crippen LogP) is -0.659. The van der Waals surface area contributed by atoms with E-state index in [1.165, 1.54) is 13.3 Å². The Kier molecular flexibility index (Phi) is 5.39. The summed E-state index contributed by atoms with van der Waals surface area (Å²) in [5, 5.41) is 13.0. The van der Waals surface area contributed by atoms with Crippen LogP contribution in [0, 0.1) is 0 Å². The number of nitrogens with one attached hydrogen (secondary N) is 1. The lowest BCUT2D eigenvalue weighted by Crippen LogP contribution is -2.53. The van der Waals surface area contributed by atoms with Crippen LogP contribution in [0.3, 0.4) is 0 Å². The van der Waals surface area contributed by atoms with Gasteiger partial charge in [-0.05, 0) is 32.6 Å². The molecule has 3 heterocycles. The molecule has 0 bridgehead atoms. The van der Waals surface area contributed by atoms with Crippen LogP contribution in [-0.4, -0.2) is 81.7 Å². The number of amides is 2. The average Bonchev–Trinajstić information content (AvgIpc) is 3.21. The second kappa shape index (κ2) is 7.19. The minimum absolute atomic E-state index is 0.159. The Bertz CT molecular complexity index is 498. The molecule has 3 aliphatic rings. The fourth-order valence-corrected chi connectivity index (χ4v) is 5.15. The fraction of sp³-hybridized carbons (Fsp3) is 0.875. The molecule has 24 heavy (non-hydrogen) atoms. The number of carbonyl (C=O) groups is 2. The van der Waals surface area contributed by atoms with E-state index >= 15 is 0 Å². The van der Waals surface area contributed by atoms with E-state index in [1.54, 1.807) is 16.7 Å². The molecule has 0 aliphatic carbocycles. The smallest absolute Gasteiger partial charge is 0.242 e. The largest absolute Gasteiger partial charge is 0.391 e. The highest BCUT2D eigenvalue weighted by Gasteiger charge is 2.48. The first-order valence-electron chi connectivity index (χ1n) is 8.85. The van der Waals surface area contributed by atoms with E-state index in [1.807, 2.05) is 4.90 Å². The number of rotatable bonds is 3. The Labute approximate surface area is 147 Å². The van der Waals surface area contributed by atoms with Crippen LogP contribution in [0.5, 0.6) is 0 Å². The zero-order valence-electron chi connectivity index (χ0n) is 14.2. The maximum Gasteiger partial charge on any atom is 0.242 e. The third-order valence-corrected chi connectivity index (χ3v) is 6.78. The minimum atomic E-state index is -0.877. The second-order valence-corrected chi connectivity index (χ2v) is 8.57. The zero-order valence-corrected chi connectivity index (χ0v) is 15.1. The van der Waals surface area contributed by atoms with Crippen molar-refractivity contribution < 1.29 is 14.7 Å². The first-order valence-corrected chi connectivity index (χ1v) is 9.83. The molecular formula is C16H28N4O3S. The maximum absolute atomic E-state index is 12.7. The van der Waals surface area contributed by atoms with Crippen LogP contribution in [0.1, 0.15) is 32.6 Å². The van der Waals surface area contributed by atoms with Crippen LogP contribution in [0.4, 0.5) is 0 Å². The van der Waals surface area contributed by atoms with Crippen molar-refractivity contribution in [3.05, 3.63) is 0 Å². The van der Waals surface area contributed by atoms with Crippen LogP contribution >= 0.6 is 11.8 Å². The van der Waals surface area contributed by atoms with Crippen LogP contribution in [0.2, 0.25) is 0 Å². The number of nitrogens with zero attached hydrogens (tertiary/aromatic N) is 2. The highest BCUT2D eigenvalue weighted by atomic mass is 32.2. The highest BCUT2D eigenvalue weighted by Crippen LogP contribution is 2.39. The van der Waals surface area contributed by atoms with Crippen molar-refractivity contribution in [1.82, 2.24) is 15.1 Å². The van der Waals surface area contributed by atoms with Crippen LogP contribution in [-0.2, 0) is 9.59 Å². The van der Waals surface area contributed by atoms with Gasteiger partial charge in [0.25, 0.3) is 0 Å². The lowest BCUT2D eigenvalue weighted by atomic mass is 10.1. The highest BCUT2D eigenvalue weighted by molar-refractivity contribution is 8.01. The molecule has 0 aromatic carbocycles. The van der Waals surface area contributed by atoms with Gasteiger partial charge in [0.05, 0.1) is 17.0 Å². The average molecular weight is 356 g/mol. The maximum atomic E-state index is 12.7. The number of likely N-dealkylation sites (tertiary alicyclic amines) is 2. The minimum Gasteiger partial charge on any atom is -0.391 e. The topological polar surface area (TPSA) is 98.9 Å². The molecule has 8 heteroatoms. The quantitative estimate of drug-likeness (QED) is 0.621. The molecule has 4 N–H and O–H groups in total. The van der Waals surface area contributed by atoms with Crippen molar-refractivity contribution in [2.75, 3.05) is 31.9 Å². The number of carbonyl (C=O) groups excluding carboxylic acids is 2. The number of aliphatic hydroxyl groups excluding tert-OH is 1. The predicted molar refractivity (Wildman–Crippen MR) is 93.4 cm³/mol. The fourth-order valence-electron chi connectivity index (χ4n) is 3.73. The standard InChI is InChI=1S/C16H28N4O3S/c1-11(21)13(17)15(23)20-8-5-16(10-20)18-12(9-24-16)14(22)19-6-3-2-4-7-19/h11-13,18,21H,2-10,17H2,1H3/t11-,12+,13+,16?/m1/s1. The van der Waals surface area contributed by atoms with Crippen molar-refractivity contribution in [3.8, 4) is 0 Å². The first kappa shape index (κ1) is 18.0. The molecule has 3 fully saturated rings. The lowest BCUT2D eigenvalue weighted by molar-refractivity contribution is -0.133. The molecule has 3 aliphatic heterocycles. The molecule has 1 spiro atoms. The van der Waals surface area contributed by atoms with E-state index in [4.69, 9.17) is 5.73 Å². The van der Waals surface area contributed by atoms with Gasteiger partial charge >= 0.3 is 0 Å². The molecule has 4 atom stereocenters. The van der Waals surface area contributed by atoms with E-state index < -0.39 is 12.1 Å². The number of nitrogens with two attached hydrogens (primary N) is 1. The molecule has 3 rings (SSSR count). The molecule has 3 saturated heterocycles. The van der Waals surface area contributed by atoms with Crippen molar-refractivity contribution in [2.24, 2.45) is 5.73 Å². The summed E-state index contributed by atoms with van der Waals surface area (Å²) >= 11 is 1.74. The molecule has 0 radical (unpaired) electrons. The summed E-state index contributed by atoms with van der Waals surface area (Å²) in [6, 6.07) is -1.04. The van der Waals surface area contributed by atoms with Gasteiger partial charge in [0.2, 0.25) is 11.8 Å². The van der Waals surface area contributed by atoms with E-state index in [0.717, 1.165) is 38.1 Å². The Morgan fingerprint density at radius 2 is 1.96 bits per heavy atom. The van der Waals surface area contributed by atoms with Gasteiger partial charge in [-0.25, -0.2) is 0 Å². The van der Waals surface area contributed by atoms with Crippen molar-refractivity contribution >= 4 is 23.6 Å². The molecule has 7 nitrogen and oxygen atoms in total. The van der Waals surface area contributed by atoms with Crippen molar-refractivity contribution in [3.63, 3.8) is 0 Å². The SMILES string of the molecule is C[C@@H](O)[C@H](N)C(=O)N1CCC2(C1)N[C@H](C(=O)N1CCCCC1)CS2. The van der Waals surface area contributed by atoms with Gasteiger partial charge in [0.1, 0.15) is 6.04 Å². The zero-order chi connectivity index (χ0) is 17.3. The normalized spacial score (nSPS) is 33.0. The van der Waals surface area contributed by atoms with Gasteiger partial charge in [-0.2, -0.15) is 0 Å². The van der Waals surface area contributed by atoms with Crippen LogP contribution in [0.25, 0.3) is 0 Å². The van der Waals surface area contributed by atoms with Gasteiger partial charge in [-0.15, -0.1) is 11.8 Å². The molecule has 0 aromatic rings. The Morgan fingerprint density at radius 3 is 2.62 bits per heavy atom. The van der Waals surface area contributed by atoms with Gasteiger partial charge in [-0.3, -0.25) is 14.9 Å². The summed E-state index contributed by atoms with van der Waals surface area (Å²) in [5.74, 6) is 0.736. The molecule has 0 aromatic heterocycles. The van der Waals surface area contributed by atoms with Gasteiger partial charge in [0.15, 0.2) is 0 Å². The monoisotopic (exact) mass is 356 g/mol. The molecule has 1 unspecified atom stereocenters. The van der Waals surface area contributed by atoms with E-state index in [-0.39, 0.29) is 22.7 Å². The number of hydrogen-bond acceptors (Lipinski definition) is 6. The third kappa shape index (κ3) is 3.56. The molecule has 2 amide bonds. The first-order chi connectivity index (χ1) is 11.4. The summed E-state index contributed by atoms with van der Waals surface area (Å²) in [4.78, 5) is 28.4. The van der Waals surface area contributed by atoms with Crippen molar-refractivity contribution in [2.45, 2.75) is 55.7 Å². The van der Waals surface area contributed by atoms with Crippen LogP contribution in [0.15, 0.2) is 0 Å². The summed E-state index contributed by atoms with van der Waals surface area (Å²) in [7, 11) is 0. The van der Waals surface area contributed by atoms with E-state index in [9.17, 15) is 14.7 Å². The Morgan fingerprint density at radius 1 is 1.25 bits per heavy atom. The van der Waals surface area contributed by atoms with Crippen LogP contribution < -0.4 is 11.1 Å². The second-order valence-electron chi connectivity index (χ2n) is 7.16. The lowest BCUT2D eigenvalue weighted by Gasteiger charge is -2.30. The van der Waals surface area contributed by atoms with Gasteiger partial charge in [0, 0.05) is 31.9 Å². The number of thioether (sulfide) groups is 1. The summed E-state index contributed by atoms with van der Waals surface area (Å²) in [6.45, 7) is 4.42. The summed E-state index contributed by atoms with van der Waals surface area (Å²) in [6.07, 6.45) is 3.35.